The third-order valence-corrected chi connectivity index (χ3v) is 11.5. The van der Waals surface area contributed by atoms with Gasteiger partial charge in [-0.3, -0.25) is 9.59 Å². The van der Waals surface area contributed by atoms with E-state index >= 15 is 0 Å². The van der Waals surface area contributed by atoms with Gasteiger partial charge in [0.2, 0.25) is 0 Å². The molecule has 2 bridgehead atoms. The van der Waals surface area contributed by atoms with Gasteiger partial charge in [0.25, 0.3) is 5.91 Å². The zero-order valence-electron chi connectivity index (χ0n) is 17.4. The third kappa shape index (κ3) is 3.90. The summed E-state index contributed by atoms with van der Waals surface area (Å²) in [6.07, 6.45) is 8.74. The first kappa shape index (κ1) is 20.7. The Bertz CT molecular complexity index is 791. The number of carbonyl (C=O) groups excluding carboxylic acids is 2. The summed E-state index contributed by atoms with van der Waals surface area (Å²) in [7, 11) is 0. The molecular weight excluding hydrogens is 414 g/mol. The minimum atomic E-state index is -0.181. The maximum atomic E-state index is 12.8. The van der Waals surface area contributed by atoms with E-state index in [0.29, 0.717) is 15.9 Å². The molecule has 162 valence electrons. The molecule has 3 fully saturated rings. The molecule has 4 aliphatic rings. The molecule has 6 heteroatoms. The summed E-state index contributed by atoms with van der Waals surface area (Å²) < 4.78 is 5.89. The Kier molecular flexibility index (Phi) is 6.07. The molecule has 1 N–H and O–H groups in total. The molecule has 1 unspecified atom stereocenters. The minimum absolute atomic E-state index is 0.0315. The van der Waals surface area contributed by atoms with Crippen LogP contribution in [0.25, 0.3) is 0 Å². The van der Waals surface area contributed by atoms with Crippen LogP contribution < -0.4 is 5.32 Å². The van der Waals surface area contributed by atoms with Gasteiger partial charge in [0.05, 0.1) is 16.0 Å². The maximum Gasteiger partial charge on any atom is 0.309 e. The summed E-state index contributed by atoms with van der Waals surface area (Å²) in [5.41, 5.74) is 2.52. The minimum Gasteiger partial charge on any atom is -0.455 e. The van der Waals surface area contributed by atoms with E-state index in [9.17, 15) is 9.59 Å². The summed E-state index contributed by atoms with van der Waals surface area (Å²) >= 11 is 4.30. The molecule has 5 rings (SSSR count). The van der Waals surface area contributed by atoms with Crippen molar-refractivity contribution < 1.29 is 14.3 Å². The van der Waals surface area contributed by atoms with Crippen molar-refractivity contribution in [3.8, 4) is 0 Å². The molecule has 4 atom stereocenters. The lowest BCUT2D eigenvalue weighted by molar-refractivity contribution is -0.155. The molecule has 0 aromatic heterocycles. The highest BCUT2D eigenvalue weighted by molar-refractivity contribution is 8.21. The fraction of sp³-hybridized carbons (Fsp3) is 0.667. The summed E-state index contributed by atoms with van der Waals surface area (Å²) in [5, 5.41) is 3.09. The fourth-order valence-corrected chi connectivity index (χ4v) is 10.1. The number of ether oxygens (including phenoxy) is 1. The Morgan fingerprint density at radius 1 is 1.03 bits per heavy atom. The Morgan fingerprint density at radius 2 is 1.77 bits per heavy atom. The van der Waals surface area contributed by atoms with Crippen molar-refractivity contribution in [3.05, 3.63) is 35.4 Å². The van der Waals surface area contributed by atoms with Gasteiger partial charge in [-0.2, -0.15) is 0 Å². The molecule has 1 amide bonds. The molecular formula is C24H31NO3S2. The van der Waals surface area contributed by atoms with Gasteiger partial charge in [-0.1, -0.05) is 30.7 Å². The van der Waals surface area contributed by atoms with Crippen LogP contribution in [0.2, 0.25) is 0 Å². The van der Waals surface area contributed by atoms with Gasteiger partial charge in [0, 0.05) is 11.5 Å². The Hall–Kier alpha value is -1.14. The van der Waals surface area contributed by atoms with Crippen LogP contribution in [-0.4, -0.2) is 34.1 Å². The second-order valence-corrected chi connectivity index (χ2v) is 12.2. The number of fused-ring (bicyclic) bond motifs is 1. The van der Waals surface area contributed by atoms with Crippen molar-refractivity contribution in [3.63, 3.8) is 0 Å². The van der Waals surface area contributed by atoms with E-state index in [1.807, 2.05) is 6.07 Å². The quantitative estimate of drug-likeness (QED) is 0.679. The predicted octanol–water partition coefficient (Wildman–Crippen LogP) is 4.73. The van der Waals surface area contributed by atoms with Crippen molar-refractivity contribution in [1.29, 1.82) is 0 Å². The number of thioether (sulfide) groups is 2. The lowest BCUT2D eigenvalue weighted by Gasteiger charge is -2.51. The van der Waals surface area contributed by atoms with Crippen LogP contribution in [0.4, 0.5) is 0 Å². The van der Waals surface area contributed by atoms with E-state index in [4.69, 9.17) is 4.74 Å². The lowest BCUT2D eigenvalue weighted by Crippen LogP contribution is -2.48. The van der Waals surface area contributed by atoms with E-state index in [1.54, 1.807) is 0 Å². The van der Waals surface area contributed by atoms with Gasteiger partial charge in [0.15, 0.2) is 6.61 Å². The first-order valence-electron chi connectivity index (χ1n) is 11.5. The lowest BCUT2D eigenvalue weighted by atomic mass is 9.67. The smallest absolute Gasteiger partial charge is 0.309 e. The second kappa shape index (κ2) is 8.78. The molecule has 3 aliphatic carbocycles. The number of esters is 1. The molecule has 1 spiro atoms. The summed E-state index contributed by atoms with van der Waals surface area (Å²) in [5.74, 6) is 3.36. The number of hydrogen-bond donors (Lipinski definition) is 1. The highest BCUT2D eigenvalue weighted by Crippen LogP contribution is 2.64. The molecule has 2 saturated carbocycles. The summed E-state index contributed by atoms with van der Waals surface area (Å²) in [6.45, 7) is -0.155. The second-order valence-electron chi connectivity index (χ2n) is 9.23. The Labute approximate surface area is 187 Å². The van der Waals surface area contributed by atoms with Gasteiger partial charge in [-0.15, -0.1) is 23.5 Å². The maximum absolute atomic E-state index is 12.8. The van der Waals surface area contributed by atoms with E-state index in [0.717, 1.165) is 32.1 Å². The van der Waals surface area contributed by atoms with Crippen LogP contribution in [-0.2, 0) is 20.7 Å². The number of amides is 1. The summed E-state index contributed by atoms with van der Waals surface area (Å²) in [6, 6.07) is 8.35. The van der Waals surface area contributed by atoms with Crippen molar-refractivity contribution >= 4 is 35.4 Å². The first-order chi connectivity index (χ1) is 14.7. The number of nitrogens with one attached hydrogen (secondary N) is 1. The molecule has 30 heavy (non-hydrogen) atoms. The van der Waals surface area contributed by atoms with Crippen LogP contribution >= 0.6 is 23.5 Å². The van der Waals surface area contributed by atoms with Gasteiger partial charge < -0.3 is 10.1 Å². The van der Waals surface area contributed by atoms with Crippen LogP contribution in [0, 0.1) is 17.8 Å². The average Bonchev–Trinajstić information content (AvgIpc) is 3.22. The number of rotatable bonds is 4. The Morgan fingerprint density at radius 3 is 2.53 bits per heavy atom. The van der Waals surface area contributed by atoms with Crippen molar-refractivity contribution in [2.45, 2.75) is 61.5 Å². The van der Waals surface area contributed by atoms with Gasteiger partial charge >= 0.3 is 5.97 Å². The first-order valence-corrected chi connectivity index (χ1v) is 13.4. The van der Waals surface area contributed by atoms with Gasteiger partial charge in [0.1, 0.15) is 0 Å². The highest BCUT2D eigenvalue weighted by Gasteiger charge is 2.55. The monoisotopic (exact) mass is 445 g/mol. The number of benzene rings is 1. The number of aryl methyl sites for hydroxylation is 1. The molecule has 1 aliphatic heterocycles. The van der Waals surface area contributed by atoms with Crippen LogP contribution in [0.5, 0.6) is 0 Å². The van der Waals surface area contributed by atoms with Crippen LogP contribution in [0.1, 0.15) is 62.1 Å². The average molecular weight is 446 g/mol. The van der Waals surface area contributed by atoms with E-state index < -0.39 is 0 Å². The van der Waals surface area contributed by atoms with Gasteiger partial charge in [-0.25, -0.2) is 0 Å². The molecule has 1 saturated heterocycles. The Balaban J connectivity index is 1.15. The normalized spacial score (nSPS) is 31.7. The molecule has 0 radical (unpaired) electrons. The fourth-order valence-electron chi connectivity index (χ4n) is 6.20. The third-order valence-electron chi connectivity index (χ3n) is 7.50. The van der Waals surface area contributed by atoms with Gasteiger partial charge in [-0.05, 0) is 67.9 Å². The molecule has 1 heterocycles. The highest BCUT2D eigenvalue weighted by atomic mass is 32.2. The standard InChI is InChI=1S/C24H31NO3S2/c26-22(25-21-10-3-6-16-5-1-2-9-20(16)21)15-28-23(27)17-13-18-7-4-8-19(14-17)24(18)29-11-12-30-24/h1-2,5,9,17-19,21H,3-4,6-8,10-15H2,(H,25,26)/t17?,18-,19+,21-/m0/s1. The molecule has 1 aromatic carbocycles. The zero-order valence-corrected chi connectivity index (χ0v) is 19.1. The van der Waals surface area contributed by atoms with Crippen molar-refractivity contribution in [1.82, 2.24) is 5.32 Å². The van der Waals surface area contributed by atoms with Crippen molar-refractivity contribution in [2.24, 2.45) is 17.8 Å². The van der Waals surface area contributed by atoms with E-state index in [2.05, 4.69) is 47.0 Å². The summed E-state index contributed by atoms with van der Waals surface area (Å²) in [4.78, 5) is 25.3. The number of carbonyl (C=O) groups is 2. The predicted molar refractivity (Wildman–Crippen MR) is 122 cm³/mol. The topological polar surface area (TPSA) is 55.4 Å². The molecule has 4 nitrogen and oxygen atoms in total. The largest absolute Gasteiger partial charge is 0.455 e. The van der Waals surface area contributed by atoms with Crippen LogP contribution in [0.15, 0.2) is 24.3 Å². The zero-order chi connectivity index (χ0) is 20.6. The van der Waals surface area contributed by atoms with Crippen LogP contribution in [0.3, 0.4) is 0 Å². The number of hydrogen-bond acceptors (Lipinski definition) is 5. The SMILES string of the molecule is O=C(COC(=O)C1C[C@H]2CCC[C@@H](C1)C21SCCS1)N[C@H]1CCCc2ccccc21. The van der Waals surface area contributed by atoms with Crippen molar-refractivity contribution in [2.75, 3.05) is 18.1 Å². The van der Waals surface area contributed by atoms with E-state index in [-0.39, 0.29) is 30.4 Å². The molecule has 1 aromatic rings. The van der Waals surface area contributed by atoms with E-state index in [1.165, 1.54) is 41.9 Å².